The number of piperidine rings is 1. The van der Waals surface area contributed by atoms with Crippen LogP contribution in [0, 0.1) is 11.8 Å². The lowest BCUT2D eigenvalue weighted by molar-refractivity contribution is -0.124. The van der Waals surface area contributed by atoms with Crippen LogP contribution in [0.1, 0.15) is 47.4 Å². The van der Waals surface area contributed by atoms with Gasteiger partial charge in [0.2, 0.25) is 5.91 Å². The predicted octanol–water partition coefficient (Wildman–Crippen LogP) is 3.12. The van der Waals surface area contributed by atoms with Gasteiger partial charge in [0, 0.05) is 30.8 Å². The zero-order chi connectivity index (χ0) is 23.8. The molecular weight excluding hydrogens is 418 g/mol. The molecule has 1 heterocycles. The normalized spacial score (nSPS) is 15.1. The van der Waals surface area contributed by atoms with Crippen LogP contribution >= 0.6 is 0 Å². The van der Waals surface area contributed by atoms with Crippen molar-refractivity contribution in [1.82, 2.24) is 15.5 Å². The van der Waals surface area contributed by atoms with Gasteiger partial charge in [-0.1, -0.05) is 32.0 Å². The number of benzene rings is 2. The van der Waals surface area contributed by atoms with E-state index in [0.29, 0.717) is 55.3 Å². The first kappa shape index (κ1) is 24.3. The number of hydrogen-bond donors (Lipinski definition) is 2. The fourth-order valence-corrected chi connectivity index (χ4v) is 3.98. The Balaban J connectivity index is 1.68. The molecule has 1 saturated heterocycles. The molecule has 0 radical (unpaired) electrons. The molecule has 0 aliphatic carbocycles. The second kappa shape index (κ2) is 11.5. The Morgan fingerprint density at radius 1 is 0.970 bits per heavy atom. The number of nitrogens with zero attached hydrogens (tertiary/aromatic N) is 1. The Bertz CT molecular complexity index is 936. The quantitative estimate of drug-likeness (QED) is 0.646. The number of hydrogen-bond acceptors (Lipinski definition) is 4. The standard InChI is InChI=1S/C26H33N3O4/c1-18(2)17-27-25(31)23(28-24(30)20-9-11-22(33-3)12-10-20)19-13-15-29(16-14-19)26(32)21-7-5-4-6-8-21/h4-12,18-19,23H,13-17H2,1-3H3,(H,27,31)(H,28,30)/t23-/m0/s1. The summed E-state index contributed by atoms with van der Waals surface area (Å²) in [7, 11) is 1.57. The number of likely N-dealkylation sites (tertiary alicyclic amines) is 1. The Morgan fingerprint density at radius 2 is 1.61 bits per heavy atom. The Kier molecular flexibility index (Phi) is 8.46. The summed E-state index contributed by atoms with van der Waals surface area (Å²) in [4.78, 5) is 40.5. The molecule has 0 spiro atoms. The monoisotopic (exact) mass is 451 g/mol. The van der Waals surface area contributed by atoms with E-state index in [0.717, 1.165) is 0 Å². The maximum atomic E-state index is 13.0. The van der Waals surface area contributed by atoms with Crippen molar-refractivity contribution in [3.63, 3.8) is 0 Å². The predicted molar refractivity (Wildman–Crippen MR) is 127 cm³/mol. The van der Waals surface area contributed by atoms with E-state index >= 15 is 0 Å². The van der Waals surface area contributed by atoms with E-state index in [9.17, 15) is 14.4 Å². The molecule has 2 N–H and O–H groups in total. The molecule has 1 fully saturated rings. The highest BCUT2D eigenvalue weighted by atomic mass is 16.5. The van der Waals surface area contributed by atoms with Crippen molar-refractivity contribution in [2.24, 2.45) is 11.8 Å². The minimum Gasteiger partial charge on any atom is -0.497 e. The van der Waals surface area contributed by atoms with Gasteiger partial charge >= 0.3 is 0 Å². The van der Waals surface area contributed by atoms with Crippen molar-refractivity contribution in [2.75, 3.05) is 26.7 Å². The topological polar surface area (TPSA) is 87.7 Å². The lowest BCUT2D eigenvalue weighted by Gasteiger charge is -2.36. The third-order valence-corrected chi connectivity index (χ3v) is 5.92. The van der Waals surface area contributed by atoms with Gasteiger partial charge in [-0.15, -0.1) is 0 Å². The molecule has 176 valence electrons. The molecule has 7 nitrogen and oxygen atoms in total. The largest absolute Gasteiger partial charge is 0.497 e. The van der Waals surface area contributed by atoms with E-state index in [4.69, 9.17) is 4.74 Å². The molecule has 0 saturated carbocycles. The van der Waals surface area contributed by atoms with Crippen molar-refractivity contribution < 1.29 is 19.1 Å². The van der Waals surface area contributed by atoms with E-state index in [1.165, 1.54) is 0 Å². The summed E-state index contributed by atoms with van der Waals surface area (Å²) in [6, 6.07) is 15.3. The van der Waals surface area contributed by atoms with Crippen LogP contribution in [0.25, 0.3) is 0 Å². The average Bonchev–Trinajstić information content (AvgIpc) is 2.86. The first-order valence-corrected chi connectivity index (χ1v) is 11.5. The summed E-state index contributed by atoms with van der Waals surface area (Å²) >= 11 is 0. The lowest BCUT2D eigenvalue weighted by Crippen LogP contribution is -2.54. The molecule has 0 aromatic heterocycles. The average molecular weight is 452 g/mol. The second-order valence-corrected chi connectivity index (χ2v) is 8.81. The lowest BCUT2D eigenvalue weighted by atomic mass is 9.88. The fraction of sp³-hybridized carbons (Fsp3) is 0.423. The third-order valence-electron chi connectivity index (χ3n) is 5.92. The third kappa shape index (κ3) is 6.57. The molecule has 1 atom stereocenters. The van der Waals surface area contributed by atoms with Gasteiger partial charge in [0.05, 0.1) is 7.11 Å². The van der Waals surface area contributed by atoms with Crippen LogP contribution in [-0.2, 0) is 4.79 Å². The number of amides is 3. The van der Waals surface area contributed by atoms with Gasteiger partial charge in [0.25, 0.3) is 11.8 Å². The molecule has 3 rings (SSSR count). The van der Waals surface area contributed by atoms with E-state index < -0.39 is 6.04 Å². The number of carbonyl (C=O) groups excluding carboxylic acids is 3. The maximum Gasteiger partial charge on any atom is 0.253 e. The fourth-order valence-electron chi connectivity index (χ4n) is 3.98. The van der Waals surface area contributed by atoms with Gasteiger partial charge in [0.1, 0.15) is 11.8 Å². The minimum absolute atomic E-state index is 0.00266. The highest BCUT2D eigenvalue weighted by Gasteiger charge is 2.34. The van der Waals surface area contributed by atoms with Crippen LogP contribution < -0.4 is 15.4 Å². The summed E-state index contributed by atoms with van der Waals surface area (Å²) in [5.74, 6) is 0.422. The van der Waals surface area contributed by atoms with E-state index in [1.54, 1.807) is 31.4 Å². The van der Waals surface area contributed by atoms with Crippen LogP contribution in [0.4, 0.5) is 0 Å². The SMILES string of the molecule is COc1ccc(C(=O)N[C@H](C(=O)NCC(C)C)C2CCN(C(=O)c3ccccc3)CC2)cc1. The summed E-state index contributed by atoms with van der Waals surface area (Å²) < 4.78 is 5.15. The van der Waals surface area contributed by atoms with E-state index in [1.807, 2.05) is 49.1 Å². The van der Waals surface area contributed by atoms with Gasteiger partial charge in [-0.3, -0.25) is 14.4 Å². The summed E-state index contributed by atoms with van der Waals surface area (Å²) in [6.07, 6.45) is 1.28. The number of nitrogens with one attached hydrogen (secondary N) is 2. The number of rotatable bonds is 8. The van der Waals surface area contributed by atoms with Gasteiger partial charge in [0.15, 0.2) is 0 Å². The smallest absolute Gasteiger partial charge is 0.253 e. The zero-order valence-electron chi connectivity index (χ0n) is 19.5. The van der Waals surface area contributed by atoms with Crippen molar-refractivity contribution >= 4 is 17.7 Å². The summed E-state index contributed by atoms with van der Waals surface area (Å²) in [5, 5.41) is 5.90. The van der Waals surface area contributed by atoms with Crippen molar-refractivity contribution in [1.29, 1.82) is 0 Å². The van der Waals surface area contributed by atoms with Gasteiger partial charge in [-0.2, -0.15) is 0 Å². The first-order valence-electron chi connectivity index (χ1n) is 11.5. The molecule has 1 aliphatic heterocycles. The molecule has 0 bridgehead atoms. The summed E-state index contributed by atoms with van der Waals surface area (Å²) in [6.45, 7) is 5.69. The highest BCUT2D eigenvalue weighted by Crippen LogP contribution is 2.23. The maximum absolute atomic E-state index is 13.0. The van der Waals surface area contributed by atoms with Crippen LogP contribution in [0.15, 0.2) is 54.6 Å². The number of methoxy groups -OCH3 is 1. The molecule has 7 heteroatoms. The van der Waals surface area contributed by atoms with Crippen LogP contribution in [0.5, 0.6) is 5.75 Å². The van der Waals surface area contributed by atoms with Crippen molar-refractivity contribution in [2.45, 2.75) is 32.7 Å². The molecule has 3 amide bonds. The van der Waals surface area contributed by atoms with Gasteiger partial charge in [-0.05, 0) is 61.1 Å². The van der Waals surface area contributed by atoms with Crippen LogP contribution in [-0.4, -0.2) is 55.4 Å². The highest BCUT2D eigenvalue weighted by molar-refractivity contribution is 5.98. The van der Waals surface area contributed by atoms with Crippen molar-refractivity contribution in [3.05, 3.63) is 65.7 Å². The van der Waals surface area contributed by atoms with Gasteiger partial charge < -0.3 is 20.3 Å². The molecule has 0 unspecified atom stereocenters. The van der Waals surface area contributed by atoms with Crippen molar-refractivity contribution in [3.8, 4) is 5.75 Å². The molecule has 1 aliphatic rings. The number of ether oxygens (including phenoxy) is 1. The first-order chi connectivity index (χ1) is 15.9. The summed E-state index contributed by atoms with van der Waals surface area (Å²) in [5.41, 5.74) is 1.13. The number of carbonyl (C=O) groups is 3. The van der Waals surface area contributed by atoms with Gasteiger partial charge in [-0.25, -0.2) is 0 Å². The Labute approximate surface area is 195 Å². The van der Waals surface area contributed by atoms with E-state index in [-0.39, 0.29) is 23.6 Å². The molecule has 2 aromatic rings. The molecule has 33 heavy (non-hydrogen) atoms. The second-order valence-electron chi connectivity index (χ2n) is 8.81. The van der Waals surface area contributed by atoms with Crippen LogP contribution in [0.3, 0.4) is 0 Å². The molecular formula is C26H33N3O4. The minimum atomic E-state index is -0.660. The van der Waals surface area contributed by atoms with E-state index in [2.05, 4.69) is 10.6 Å². The molecule has 2 aromatic carbocycles. The zero-order valence-corrected chi connectivity index (χ0v) is 19.5. The van der Waals surface area contributed by atoms with Crippen LogP contribution in [0.2, 0.25) is 0 Å². The Morgan fingerprint density at radius 3 is 2.18 bits per heavy atom. The Hall–Kier alpha value is -3.35.